The van der Waals surface area contributed by atoms with Crippen LogP contribution in [0.4, 0.5) is 0 Å². The second-order valence-electron chi connectivity index (χ2n) is 4.80. The van der Waals surface area contributed by atoms with E-state index in [4.69, 9.17) is 13.9 Å². The molecule has 0 aliphatic carbocycles. The lowest BCUT2D eigenvalue weighted by molar-refractivity contribution is 0.0924. The summed E-state index contributed by atoms with van der Waals surface area (Å²) >= 11 is 0. The zero-order chi connectivity index (χ0) is 15.9. The molecule has 1 N–H and O–H groups in total. The van der Waals surface area contributed by atoms with Gasteiger partial charge in [0, 0.05) is 13.0 Å². The van der Waals surface area contributed by atoms with Gasteiger partial charge < -0.3 is 19.2 Å². The number of furan rings is 1. The quantitative estimate of drug-likeness (QED) is 0.854. The maximum Gasteiger partial charge on any atom is 0.287 e. The SMILES string of the molecule is CCc1ccc(C(=O)NCCc2cc(OC)ccc2OC)o1. The highest BCUT2D eigenvalue weighted by Gasteiger charge is 2.11. The van der Waals surface area contributed by atoms with Crippen LogP contribution in [0, 0.1) is 0 Å². The first-order chi connectivity index (χ1) is 10.7. The summed E-state index contributed by atoms with van der Waals surface area (Å²) in [5.74, 6) is 2.48. The molecule has 118 valence electrons. The number of methoxy groups -OCH3 is 2. The predicted molar refractivity (Wildman–Crippen MR) is 83.7 cm³/mol. The van der Waals surface area contributed by atoms with E-state index in [1.807, 2.05) is 31.2 Å². The highest BCUT2D eigenvalue weighted by atomic mass is 16.5. The van der Waals surface area contributed by atoms with Gasteiger partial charge >= 0.3 is 0 Å². The van der Waals surface area contributed by atoms with Crippen LogP contribution in [0.3, 0.4) is 0 Å². The second-order valence-corrected chi connectivity index (χ2v) is 4.80. The fourth-order valence-electron chi connectivity index (χ4n) is 2.17. The number of hydrogen-bond donors (Lipinski definition) is 1. The lowest BCUT2D eigenvalue weighted by Crippen LogP contribution is -2.25. The van der Waals surface area contributed by atoms with Crippen LogP contribution in [0.5, 0.6) is 11.5 Å². The van der Waals surface area contributed by atoms with E-state index in [1.54, 1.807) is 20.3 Å². The Morgan fingerprint density at radius 2 is 2.00 bits per heavy atom. The van der Waals surface area contributed by atoms with Crippen LogP contribution in [0.15, 0.2) is 34.7 Å². The molecule has 2 rings (SSSR count). The molecule has 0 fully saturated rings. The van der Waals surface area contributed by atoms with E-state index in [1.165, 1.54) is 0 Å². The normalized spacial score (nSPS) is 10.3. The molecule has 0 aliphatic heterocycles. The molecular formula is C17H21NO4. The smallest absolute Gasteiger partial charge is 0.287 e. The van der Waals surface area contributed by atoms with Crippen molar-refractivity contribution in [3.05, 3.63) is 47.4 Å². The Morgan fingerprint density at radius 3 is 2.64 bits per heavy atom. The average Bonchev–Trinajstić information content (AvgIpc) is 3.03. The second kappa shape index (κ2) is 7.54. The van der Waals surface area contributed by atoms with Crippen molar-refractivity contribution in [2.75, 3.05) is 20.8 Å². The van der Waals surface area contributed by atoms with Crippen molar-refractivity contribution in [2.24, 2.45) is 0 Å². The Kier molecular flexibility index (Phi) is 5.47. The van der Waals surface area contributed by atoms with Crippen LogP contribution in [-0.2, 0) is 12.8 Å². The molecule has 1 heterocycles. The topological polar surface area (TPSA) is 60.7 Å². The van der Waals surface area contributed by atoms with Crippen molar-refractivity contribution in [3.63, 3.8) is 0 Å². The third-order valence-electron chi connectivity index (χ3n) is 3.40. The first-order valence-corrected chi connectivity index (χ1v) is 7.25. The van der Waals surface area contributed by atoms with Gasteiger partial charge in [-0.15, -0.1) is 0 Å². The lowest BCUT2D eigenvalue weighted by atomic mass is 10.1. The predicted octanol–water partition coefficient (Wildman–Crippen LogP) is 2.83. The summed E-state index contributed by atoms with van der Waals surface area (Å²) in [6, 6.07) is 9.12. The molecule has 0 atom stereocenters. The molecule has 0 saturated carbocycles. The van der Waals surface area contributed by atoms with E-state index in [0.717, 1.165) is 29.2 Å². The Morgan fingerprint density at radius 1 is 1.18 bits per heavy atom. The molecule has 0 bridgehead atoms. The first kappa shape index (κ1) is 15.9. The fraction of sp³-hybridized carbons (Fsp3) is 0.353. The fourth-order valence-corrected chi connectivity index (χ4v) is 2.17. The lowest BCUT2D eigenvalue weighted by Gasteiger charge is -2.10. The van der Waals surface area contributed by atoms with Crippen molar-refractivity contribution < 1.29 is 18.7 Å². The van der Waals surface area contributed by atoms with Crippen LogP contribution in [0.2, 0.25) is 0 Å². The van der Waals surface area contributed by atoms with Gasteiger partial charge in [0.2, 0.25) is 0 Å². The number of benzene rings is 1. The molecule has 0 saturated heterocycles. The van der Waals surface area contributed by atoms with E-state index in [-0.39, 0.29) is 5.91 Å². The summed E-state index contributed by atoms with van der Waals surface area (Å²) in [6.45, 7) is 2.47. The summed E-state index contributed by atoms with van der Waals surface area (Å²) in [6.07, 6.45) is 1.42. The monoisotopic (exact) mass is 303 g/mol. The molecule has 0 unspecified atom stereocenters. The Hall–Kier alpha value is -2.43. The van der Waals surface area contributed by atoms with Crippen molar-refractivity contribution >= 4 is 5.91 Å². The van der Waals surface area contributed by atoms with Crippen molar-refractivity contribution in [3.8, 4) is 11.5 Å². The molecule has 0 spiro atoms. The number of carbonyl (C=O) groups excluding carboxylic acids is 1. The van der Waals surface area contributed by atoms with E-state index in [0.29, 0.717) is 18.7 Å². The summed E-state index contributed by atoms with van der Waals surface area (Å²) in [7, 11) is 3.24. The summed E-state index contributed by atoms with van der Waals surface area (Å²) < 4.78 is 15.9. The van der Waals surface area contributed by atoms with Gasteiger partial charge in [-0.05, 0) is 42.3 Å². The number of ether oxygens (including phenoxy) is 2. The highest BCUT2D eigenvalue weighted by Crippen LogP contribution is 2.24. The van der Waals surface area contributed by atoms with E-state index in [2.05, 4.69) is 5.32 Å². The standard InChI is InChI=1S/C17H21NO4/c1-4-13-5-8-16(22-13)17(19)18-10-9-12-11-14(20-2)6-7-15(12)21-3/h5-8,11H,4,9-10H2,1-3H3,(H,18,19). The molecule has 1 aromatic heterocycles. The number of amides is 1. The van der Waals surface area contributed by atoms with E-state index in [9.17, 15) is 4.79 Å². The van der Waals surface area contributed by atoms with Crippen LogP contribution >= 0.6 is 0 Å². The van der Waals surface area contributed by atoms with Gasteiger partial charge in [0.15, 0.2) is 5.76 Å². The number of rotatable bonds is 7. The van der Waals surface area contributed by atoms with Gasteiger partial charge in [0.1, 0.15) is 17.3 Å². The molecule has 5 nitrogen and oxygen atoms in total. The van der Waals surface area contributed by atoms with Crippen molar-refractivity contribution in [1.29, 1.82) is 0 Å². The zero-order valence-electron chi connectivity index (χ0n) is 13.1. The number of nitrogens with one attached hydrogen (secondary N) is 1. The molecule has 1 amide bonds. The van der Waals surface area contributed by atoms with Crippen molar-refractivity contribution in [2.45, 2.75) is 19.8 Å². The largest absolute Gasteiger partial charge is 0.497 e. The van der Waals surface area contributed by atoms with Gasteiger partial charge in [-0.1, -0.05) is 6.92 Å². The van der Waals surface area contributed by atoms with Crippen LogP contribution in [-0.4, -0.2) is 26.7 Å². The summed E-state index contributed by atoms with van der Waals surface area (Å²) in [4.78, 5) is 12.0. The molecule has 2 aromatic rings. The van der Waals surface area contributed by atoms with Gasteiger partial charge in [-0.3, -0.25) is 4.79 Å². The minimum absolute atomic E-state index is 0.207. The maximum absolute atomic E-state index is 12.0. The Balaban J connectivity index is 1.94. The molecule has 5 heteroatoms. The van der Waals surface area contributed by atoms with Crippen LogP contribution < -0.4 is 14.8 Å². The van der Waals surface area contributed by atoms with E-state index >= 15 is 0 Å². The number of carbonyl (C=O) groups is 1. The molecular weight excluding hydrogens is 282 g/mol. The van der Waals surface area contributed by atoms with Crippen LogP contribution in [0.1, 0.15) is 28.8 Å². The highest BCUT2D eigenvalue weighted by molar-refractivity contribution is 5.91. The van der Waals surface area contributed by atoms with Crippen LogP contribution in [0.25, 0.3) is 0 Å². The summed E-state index contributed by atoms with van der Waals surface area (Å²) in [5, 5.41) is 2.84. The zero-order valence-corrected chi connectivity index (χ0v) is 13.1. The third-order valence-corrected chi connectivity index (χ3v) is 3.40. The summed E-state index contributed by atoms with van der Waals surface area (Å²) in [5.41, 5.74) is 0.982. The minimum Gasteiger partial charge on any atom is -0.497 e. The van der Waals surface area contributed by atoms with Gasteiger partial charge in [0.05, 0.1) is 14.2 Å². The molecule has 0 aliphatic rings. The molecule has 1 aromatic carbocycles. The van der Waals surface area contributed by atoms with Gasteiger partial charge in [0.25, 0.3) is 5.91 Å². The Bertz CT molecular complexity index is 633. The first-order valence-electron chi connectivity index (χ1n) is 7.25. The number of hydrogen-bond acceptors (Lipinski definition) is 4. The maximum atomic E-state index is 12.0. The minimum atomic E-state index is -0.207. The van der Waals surface area contributed by atoms with Gasteiger partial charge in [-0.25, -0.2) is 0 Å². The molecule has 0 radical (unpaired) electrons. The third kappa shape index (κ3) is 3.81. The van der Waals surface area contributed by atoms with Gasteiger partial charge in [-0.2, -0.15) is 0 Å². The molecule has 22 heavy (non-hydrogen) atoms. The number of aryl methyl sites for hydroxylation is 1. The van der Waals surface area contributed by atoms with E-state index < -0.39 is 0 Å². The Labute approximate surface area is 130 Å². The average molecular weight is 303 g/mol. The van der Waals surface area contributed by atoms with Crippen molar-refractivity contribution in [1.82, 2.24) is 5.32 Å².